The summed E-state index contributed by atoms with van der Waals surface area (Å²) < 4.78 is 0. The number of anilines is 1. The molecule has 3 heteroatoms. The summed E-state index contributed by atoms with van der Waals surface area (Å²) in [4.78, 5) is 9.33. The molecule has 1 fully saturated rings. The van der Waals surface area contributed by atoms with E-state index >= 15 is 0 Å². The fraction of sp³-hybridized carbons (Fsp3) is 0.389. The van der Waals surface area contributed by atoms with Crippen molar-refractivity contribution in [3.05, 3.63) is 59.4 Å². The zero-order valence-electron chi connectivity index (χ0n) is 13.1. The molecule has 0 radical (unpaired) electrons. The zero-order valence-corrected chi connectivity index (χ0v) is 13.1. The van der Waals surface area contributed by atoms with Gasteiger partial charge in [0.15, 0.2) is 0 Å². The number of nitrogens with zero attached hydrogens (tertiary/aromatic N) is 3. The number of hydrogen-bond donors (Lipinski definition) is 0. The summed E-state index contributed by atoms with van der Waals surface area (Å²) >= 11 is 0. The Morgan fingerprint density at radius 1 is 1.10 bits per heavy atom. The van der Waals surface area contributed by atoms with E-state index in [1.165, 1.54) is 16.8 Å². The van der Waals surface area contributed by atoms with Crippen molar-refractivity contribution in [2.75, 3.05) is 31.6 Å². The van der Waals surface area contributed by atoms with Gasteiger partial charge in [0.05, 0.1) is 17.9 Å². The molecule has 3 nitrogen and oxygen atoms in total. The fourth-order valence-corrected chi connectivity index (χ4v) is 2.99. The predicted molar refractivity (Wildman–Crippen MR) is 87.7 cm³/mol. The molecule has 0 aliphatic carbocycles. The molecule has 110 valence electrons. The fourth-order valence-electron chi connectivity index (χ4n) is 2.99. The lowest BCUT2D eigenvalue weighted by Gasteiger charge is -2.40. The first-order valence-corrected chi connectivity index (χ1v) is 7.58. The van der Waals surface area contributed by atoms with E-state index in [4.69, 9.17) is 0 Å². The SMILES string of the molecule is Cc1cccc(C2CN(c3ccc(C)nc3)CCN2C)c1. The van der Waals surface area contributed by atoms with E-state index in [0.717, 1.165) is 25.3 Å². The topological polar surface area (TPSA) is 19.4 Å². The van der Waals surface area contributed by atoms with E-state index in [9.17, 15) is 0 Å². The van der Waals surface area contributed by atoms with Crippen molar-refractivity contribution < 1.29 is 0 Å². The highest BCUT2D eigenvalue weighted by Crippen LogP contribution is 2.27. The Kier molecular flexibility index (Phi) is 3.93. The summed E-state index contributed by atoms with van der Waals surface area (Å²) in [5, 5.41) is 0. The maximum Gasteiger partial charge on any atom is 0.0554 e. The largest absolute Gasteiger partial charge is 0.367 e. The average Bonchev–Trinajstić information content (AvgIpc) is 2.49. The van der Waals surface area contributed by atoms with Crippen LogP contribution in [-0.2, 0) is 0 Å². The molecule has 1 unspecified atom stereocenters. The van der Waals surface area contributed by atoms with Gasteiger partial charge < -0.3 is 4.90 Å². The third-order valence-corrected chi connectivity index (χ3v) is 4.34. The standard InChI is InChI=1S/C18H23N3/c1-14-5-4-6-16(11-14)18-13-21(10-9-20(18)3)17-8-7-15(2)19-12-17/h4-8,11-12,18H,9-10,13H2,1-3H3. The van der Waals surface area contributed by atoms with Crippen LogP contribution >= 0.6 is 0 Å². The smallest absolute Gasteiger partial charge is 0.0554 e. The Hall–Kier alpha value is -1.87. The lowest BCUT2D eigenvalue weighted by molar-refractivity contribution is 0.221. The number of likely N-dealkylation sites (N-methyl/N-ethyl adjacent to an activating group) is 1. The molecule has 1 aromatic carbocycles. The van der Waals surface area contributed by atoms with Crippen molar-refractivity contribution in [2.24, 2.45) is 0 Å². The molecule has 2 heterocycles. The molecular weight excluding hydrogens is 258 g/mol. The van der Waals surface area contributed by atoms with Crippen molar-refractivity contribution in [2.45, 2.75) is 19.9 Å². The third kappa shape index (κ3) is 3.08. The highest BCUT2D eigenvalue weighted by Gasteiger charge is 2.25. The summed E-state index contributed by atoms with van der Waals surface area (Å²) in [7, 11) is 2.22. The summed E-state index contributed by atoms with van der Waals surface area (Å²) in [5.74, 6) is 0. The van der Waals surface area contributed by atoms with E-state index in [0.29, 0.717) is 6.04 Å². The second-order valence-corrected chi connectivity index (χ2v) is 6.01. The number of aromatic nitrogens is 1. The first kappa shape index (κ1) is 14.1. The second-order valence-electron chi connectivity index (χ2n) is 6.01. The van der Waals surface area contributed by atoms with E-state index < -0.39 is 0 Å². The number of hydrogen-bond acceptors (Lipinski definition) is 3. The molecule has 1 saturated heterocycles. The minimum absolute atomic E-state index is 0.444. The van der Waals surface area contributed by atoms with Crippen LogP contribution in [0.25, 0.3) is 0 Å². The number of aryl methyl sites for hydroxylation is 2. The van der Waals surface area contributed by atoms with Crippen LogP contribution in [0, 0.1) is 13.8 Å². The van der Waals surface area contributed by atoms with Crippen LogP contribution in [0.5, 0.6) is 0 Å². The molecule has 3 rings (SSSR count). The van der Waals surface area contributed by atoms with E-state index in [2.05, 4.69) is 65.2 Å². The molecule has 2 aromatic rings. The molecule has 0 spiro atoms. The Balaban J connectivity index is 1.83. The van der Waals surface area contributed by atoms with Gasteiger partial charge in [-0.05, 0) is 38.6 Å². The number of benzene rings is 1. The lowest BCUT2D eigenvalue weighted by Crippen LogP contribution is -2.46. The van der Waals surface area contributed by atoms with Crippen LogP contribution in [-0.4, -0.2) is 36.6 Å². The Morgan fingerprint density at radius 2 is 1.95 bits per heavy atom. The van der Waals surface area contributed by atoms with Crippen LogP contribution in [0.4, 0.5) is 5.69 Å². The summed E-state index contributed by atoms with van der Waals surface area (Å²) in [5.41, 5.74) is 5.03. The Bertz CT molecular complexity index is 606. The Labute approximate surface area is 127 Å². The van der Waals surface area contributed by atoms with Crippen molar-refractivity contribution in [1.29, 1.82) is 0 Å². The van der Waals surface area contributed by atoms with Gasteiger partial charge >= 0.3 is 0 Å². The van der Waals surface area contributed by atoms with Gasteiger partial charge in [-0.15, -0.1) is 0 Å². The van der Waals surface area contributed by atoms with Gasteiger partial charge in [-0.25, -0.2) is 0 Å². The molecule has 0 saturated carbocycles. The maximum absolute atomic E-state index is 4.43. The molecular formula is C18H23N3. The normalized spacial score (nSPS) is 19.8. The maximum atomic E-state index is 4.43. The van der Waals surface area contributed by atoms with Gasteiger partial charge in [-0.1, -0.05) is 29.8 Å². The molecule has 0 bridgehead atoms. The van der Waals surface area contributed by atoms with E-state index in [-0.39, 0.29) is 0 Å². The van der Waals surface area contributed by atoms with Crippen molar-refractivity contribution >= 4 is 5.69 Å². The lowest BCUT2D eigenvalue weighted by atomic mass is 10.0. The average molecular weight is 281 g/mol. The predicted octanol–water partition coefficient (Wildman–Crippen LogP) is 3.19. The number of rotatable bonds is 2. The van der Waals surface area contributed by atoms with Gasteiger partial charge in [0, 0.05) is 25.3 Å². The second kappa shape index (κ2) is 5.86. The third-order valence-electron chi connectivity index (χ3n) is 4.34. The van der Waals surface area contributed by atoms with Crippen LogP contribution in [0.15, 0.2) is 42.6 Å². The van der Waals surface area contributed by atoms with Crippen molar-refractivity contribution in [3.8, 4) is 0 Å². The summed E-state index contributed by atoms with van der Waals surface area (Å²) in [6.07, 6.45) is 1.99. The molecule has 0 N–H and O–H groups in total. The quantitative estimate of drug-likeness (QED) is 0.842. The highest BCUT2D eigenvalue weighted by molar-refractivity contribution is 5.46. The van der Waals surface area contributed by atoms with Crippen LogP contribution in [0.3, 0.4) is 0 Å². The monoisotopic (exact) mass is 281 g/mol. The molecule has 1 aliphatic rings. The molecule has 0 amide bonds. The minimum Gasteiger partial charge on any atom is -0.367 e. The molecule has 1 atom stereocenters. The number of piperazine rings is 1. The summed E-state index contributed by atoms with van der Waals surface area (Å²) in [6.45, 7) is 7.35. The highest BCUT2D eigenvalue weighted by atomic mass is 15.3. The van der Waals surface area contributed by atoms with Crippen LogP contribution in [0.2, 0.25) is 0 Å². The number of pyridine rings is 1. The van der Waals surface area contributed by atoms with E-state index in [1.807, 2.05) is 13.1 Å². The van der Waals surface area contributed by atoms with E-state index in [1.54, 1.807) is 0 Å². The summed E-state index contributed by atoms with van der Waals surface area (Å²) in [6, 6.07) is 13.6. The van der Waals surface area contributed by atoms with Crippen molar-refractivity contribution in [1.82, 2.24) is 9.88 Å². The first-order chi connectivity index (χ1) is 10.1. The minimum atomic E-state index is 0.444. The van der Waals surface area contributed by atoms with Crippen LogP contribution in [0.1, 0.15) is 22.9 Å². The van der Waals surface area contributed by atoms with Crippen molar-refractivity contribution in [3.63, 3.8) is 0 Å². The molecule has 1 aliphatic heterocycles. The van der Waals surface area contributed by atoms with Gasteiger partial charge in [-0.2, -0.15) is 0 Å². The van der Waals surface area contributed by atoms with Gasteiger partial charge in [0.1, 0.15) is 0 Å². The van der Waals surface area contributed by atoms with Gasteiger partial charge in [-0.3, -0.25) is 9.88 Å². The zero-order chi connectivity index (χ0) is 14.8. The van der Waals surface area contributed by atoms with Gasteiger partial charge in [0.25, 0.3) is 0 Å². The molecule has 21 heavy (non-hydrogen) atoms. The van der Waals surface area contributed by atoms with Crippen LogP contribution < -0.4 is 4.90 Å². The van der Waals surface area contributed by atoms with Gasteiger partial charge in [0.2, 0.25) is 0 Å². The first-order valence-electron chi connectivity index (χ1n) is 7.58. The molecule has 1 aromatic heterocycles. The Morgan fingerprint density at radius 3 is 2.67 bits per heavy atom.